The molecule has 2 aromatic rings. The summed E-state index contributed by atoms with van der Waals surface area (Å²) in [6, 6.07) is 4.04. The third kappa shape index (κ3) is 2.73. The standard InChI is InChI=1S/C17H13Cl2F2N3O/c18-12-3-1-8(5-13(12)19)23-17(25)24-9-2-4-14(24)11-7-22-16(21)15(20)10(11)6-9/h1,3,5,7,9,14H,2,4,6H2,(H,23,25)/t9-,14+/m1/s1. The summed E-state index contributed by atoms with van der Waals surface area (Å²) in [7, 11) is 0. The monoisotopic (exact) mass is 383 g/mol. The molecular weight excluding hydrogens is 371 g/mol. The van der Waals surface area contributed by atoms with Gasteiger partial charge in [-0.25, -0.2) is 14.2 Å². The van der Waals surface area contributed by atoms with Crippen molar-refractivity contribution in [2.24, 2.45) is 0 Å². The molecule has 2 atom stereocenters. The summed E-state index contributed by atoms with van der Waals surface area (Å²) in [6.45, 7) is 0. The number of nitrogens with one attached hydrogen (secondary N) is 1. The van der Waals surface area contributed by atoms with Gasteiger partial charge in [0.05, 0.1) is 16.1 Å². The van der Waals surface area contributed by atoms with Crippen molar-refractivity contribution in [1.82, 2.24) is 9.88 Å². The Kier molecular flexibility index (Phi) is 4.04. The van der Waals surface area contributed by atoms with Gasteiger partial charge in [-0.1, -0.05) is 23.2 Å². The predicted molar refractivity (Wildman–Crippen MR) is 90.9 cm³/mol. The third-order valence-corrected chi connectivity index (χ3v) is 5.56. The van der Waals surface area contributed by atoms with Crippen molar-refractivity contribution in [2.75, 3.05) is 5.32 Å². The highest BCUT2D eigenvalue weighted by Crippen LogP contribution is 2.44. The highest BCUT2D eigenvalue weighted by Gasteiger charge is 2.44. The maximum absolute atomic E-state index is 14.0. The van der Waals surface area contributed by atoms with Crippen LogP contribution in [0, 0.1) is 11.8 Å². The van der Waals surface area contributed by atoms with E-state index in [1.807, 2.05) is 0 Å². The van der Waals surface area contributed by atoms with E-state index in [0.717, 1.165) is 6.42 Å². The first-order chi connectivity index (χ1) is 12.0. The number of carbonyl (C=O) groups excluding carboxylic acids is 1. The quantitative estimate of drug-likeness (QED) is 0.707. The van der Waals surface area contributed by atoms with Crippen molar-refractivity contribution >= 4 is 34.9 Å². The van der Waals surface area contributed by atoms with E-state index >= 15 is 0 Å². The molecule has 0 aliphatic carbocycles. The lowest BCUT2D eigenvalue weighted by Gasteiger charge is -2.36. The number of amides is 2. The van der Waals surface area contributed by atoms with E-state index in [-0.39, 0.29) is 24.5 Å². The Hall–Kier alpha value is -1.92. The van der Waals surface area contributed by atoms with Gasteiger partial charge in [-0.15, -0.1) is 0 Å². The summed E-state index contributed by atoms with van der Waals surface area (Å²) in [6.07, 6.45) is 3.04. The molecule has 2 bridgehead atoms. The highest BCUT2D eigenvalue weighted by atomic mass is 35.5. The smallest absolute Gasteiger partial charge is 0.314 e. The van der Waals surface area contributed by atoms with Crippen LogP contribution in [0.3, 0.4) is 0 Å². The Bertz CT molecular complexity index is 877. The second-order valence-corrected chi connectivity index (χ2v) is 7.03. The summed E-state index contributed by atoms with van der Waals surface area (Å²) >= 11 is 11.8. The number of pyridine rings is 1. The molecule has 2 amide bonds. The summed E-state index contributed by atoms with van der Waals surface area (Å²) in [4.78, 5) is 17.9. The SMILES string of the molecule is O=C(Nc1ccc(Cl)c(Cl)c1)N1[C@@H]2CC[C@H]1c1cnc(F)c(F)c1C2. The fraction of sp³-hybridized carbons (Fsp3) is 0.294. The lowest BCUT2D eigenvalue weighted by Crippen LogP contribution is -2.44. The van der Waals surface area contributed by atoms with Gasteiger partial charge in [0.25, 0.3) is 0 Å². The first kappa shape index (κ1) is 16.5. The van der Waals surface area contributed by atoms with Crippen LogP contribution in [0.15, 0.2) is 24.4 Å². The number of hydrogen-bond donors (Lipinski definition) is 1. The average Bonchev–Trinajstić information content (AvgIpc) is 2.90. The molecule has 0 spiro atoms. The number of urea groups is 1. The van der Waals surface area contributed by atoms with Crippen molar-refractivity contribution < 1.29 is 13.6 Å². The topological polar surface area (TPSA) is 45.2 Å². The minimum atomic E-state index is -1.09. The van der Waals surface area contributed by atoms with Crippen molar-refractivity contribution in [3.63, 3.8) is 0 Å². The first-order valence-electron chi connectivity index (χ1n) is 7.83. The number of anilines is 1. The van der Waals surface area contributed by atoms with Gasteiger partial charge in [0.15, 0.2) is 5.82 Å². The number of aromatic nitrogens is 1. The van der Waals surface area contributed by atoms with Crippen LogP contribution in [0.4, 0.5) is 19.3 Å². The van der Waals surface area contributed by atoms with Crippen molar-refractivity contribution in [1.29, 1.82) is 0 Å². The van der Waals surface area contributed by atoms with E-state index in [1.165, 1.54) is 6.20 Å². The zero-order valence-electron chi connectivity index (χ0n) is 12.9. The van der Waals surface area contributed by atoms with Crippen LogP contribution in [0.1, 0.15) is 30.0 Å². The van der Waals surface area contributed by atoms with Gasteiger partial charge in [0.2, 0.25) is 5.95 Å². The van der Waals surface area contributed by atoms with Gasteiger partial charge in [-0.2, -0.15) is 4.39 Å². The Morgan fingerprint density at radius 1 is 1.24 bits per heavy atom. The Labute approximate surface area is 152 Å². The summed E-state index contributed by atoms with van der Waals surface area (Å²) < 4.78 is 27.4. The Morgan fingerprint density at radius 3 is 2.80 bits per heavy atom. The van der Waals surface area contributed by atoms with Crippen LogP contribution in [0.5, 0.6) is 0 Å². The van der Waals surface area contributed by atoms with Crippen LogP contribution < -0.4 is 5.32 Å². The molecule has 130 valence electrons. The zero-order chi connectivity index (χ0) is 17.7. The van der Waals surface area contributed by atoms with E-state index in [0.29, 0.717) is 33.3 Å². The van der Waals surface area contributed by atoms with Gasteiger partial charge >= 0.3 is 6.03 Å². The molecule has 0 saturated carbocycles. The zero-order valence-corrected chi connectivity index (χ0v) is 14.4. The number of fused-ring (bicyclic) bond motifs is 4. The van der Waals surface area contributed by atoms with Gasteiger partial charge in [-0.3, -0.25) is 0 Å². The minimum Gasteiger partial charge on any atom is -0.314 e. The molecule has 1 aromatic carbocycles. The second-order valence-electron chi connectivity index (χ2n) is 6.21. The van der Waals surface area contributed by atoms with Gasteiger partial charge in [-0.05, 0) is 43.0 Å². The fourth-order valence-electron chi connectivity index (χ4n) is 3.70. The third-order valence-electron chi connectivity index (χ3n) is 4.82. The molecule has 3 heterocycles. The van der Waals surface area contributed by atoms with Crippen LogP contribution >= 0.6 is 23.2 Å². The van der Waals surface area contributed by atoms with E-state index in [1.54, 1.807) is 23.1 Å². The van der Waals surface area contributed by atoms with Crippen molar-refractivity contribution in [2.45, 2.75) is 31.3 Å². The van der Waals surface area contributed by atoms with Crippen molar-refractivity contribution in [3.05, 3.63) is 57.3 Å². The summed E-state index contributed by atoms with van der Waals surface area (Å²) in [5.41, 5.74) is 1.43. The minimum absolute atomic E-state index is 0.170. The second kappa shape index (κ2) is 6.11. The molecule has 0 unspecified atom stereocenters. The van der Waals surface area contributed by atoms with Crippen LogP contribution in [-0.4, -0.2) is 22.0 Å². The van der Waals surface area contributed by atoms with E-state index in [2.05, 4.69) is 10.3 Å². The number of rotatable bonds is 1. The number of benzene rings is 1. The summed E-state index contributed by atoms with van der Waals surface area (Å²) in [5.74, 6) is -1.99. The van der Waals surface area contributed by atoms with E-state index < -0.39 is 11.8 Å². The number of carbonyl (C=O) groups is 1. The maximum Gasteiger partial charge on any atom is 0.322 e. The average molecular weight is 384 g/mol. The number of nitrogens with zero attached hydrogens (tertiary/aromatic N) is 2. The normalized spacial score (nSPS) is 21.2. The largest absolute Gasteiger partial charge is 0.322 e. The molecule has 1 N–H and O–H groups in total. The summed E-state index contributed by atoms with van der Waals surface area (Å²) in [5, 5.41) is 3.53. The fourth-order valence-corrected chi connectivity index (χ4v) is 4.00. The van der Waals surface area contributed by atoms with E-state index in [4.69, 9.17) is 23.2 Å². The predicted octanol–water partition coefficient (Wildman–Crippen LogP) is 4.96. The molecule has 8 heteroatoms. The lowest BCUT2D eigenvalue weighted by atomic mass is 9.95. The molecule has 4 nitrogen and oxygen atoms in total. The van der Waals surface area contributed by atoms with Crippen molar-refractivity contribution in [3.8, 4) is 0 Å². The molecule has 2 aliphatic heterocycles. The number of hydrogen-bond acceptors (Lipinski definition) is 2. The Morgan fingerprint density at radius 2 is 2.04 bits per heavy atom. The molecule has 1 saturated heterocycles. The highest BCUT2D eigenvalue weighted by molar-refractivity contribution is 6.42. The molecule has 1 aromatic heterocycles. The first-order valence-corrected chi connectivity index (χ1v) is 8.58. The van der Waals surface area contributed by atoms with Crippen LogP contribution in [-0.2, 0) is 6.42 Å². The van der Waals surface area contributed by atoms with Crippen LogP contribution in [0.2, 0.25) is 10.0 Å². The molecule has 4 rings (SSSR count). The lowest BCUT2D eigenvalue weighted by molar-refractivity contribution is 0.177. The molecule has 0 radical (unpaired) electrons. The van der Waals surface area contributed by atoms with Crippen LogP contribution in [0.25, 0.3) is 0 Å². The maximum atomic E-state index is 14.0. The molecular formula is C17H13Cl2F2N3O. The van der Waals surface area contributed by atoms with E-state index in [9.17, 15) is 13.6 Å². The van der Waals surface area contributed by atoms with Gasteiger partial charge in [0.1, 0.15) is 0 Å². The van der Waals surface area contributed by atoms with Gasteiger partial charge < -0.3 is 10.2 Å². The Balaban J connectivity index is 1.62. The molecule has 1 fully saturated rings. The molecule has 2 aliphatic rings. The van der Waals surface area contributed by atoms with Gasteiger partial charge in [0, 0.05) is 23.5 Å². The number of halogens is 4. The molecule has 25 heavy (non-hydrogen) atoms.